The van der Waals surface area contributed by atoms with E-state index in [4.69, 9.17) is 9.26 Å². The van der Waals surface area contributed by atoms with Crippen molar-refractivity contribution < 1.29 is 13.7 Å². The van der Waals surface area contributed by atoms with Gasteiger partial charge in [0, 0.05) is 12.7 Å². The Hall–Kier alpha value is -3.65. The zero-order valence-corrected chi connectivity index (χ0v) is 16.7. The van der Waals surface area contributed by atoms with Crippen LogP contribution in [0.15, 0.2) is 45.8 Å². The van der Waals surface area contributed by atoms with E-state index < -0.39 is 18.2 Å². The number of rotatable bonds is 3. The topological polar surface area (TPSA) is 97.3 Å². The van der Waals surface area contributed by atoms with Crippen LogP contribution < -0.4 is 9.91 Å². The molecule has 3 aliphatic heterocycles. The largest absolute Gasteiger partial charge is 0.368 e. The number of benzene rings is 1. The Morgan fingerprint density at radius 1 is 1.29 bits per heavy atom. The molecule has 1 aliphatic carbocycles. The van der Waals surface area contributed by atoms with Crippen LogP contribution >= 0.6 is 0 Å². The number of aliphatic imine (C=N–C) groups is 1. The summed E-state index contributed by atoms with van der Waals surface area (Å²) >= 11 is 0. The number of halogens is 1. The summed E-state index contributed by atoms with van der Waals surface area (Å²) in [7, 11) is 1.66. The minimum atomic E-state index is -1.65. The fourth-order valence-electron chi connectivity index (χ4n) is 4.80. The molecule has 0 amide bonds. The Morgan fingerprint density at radius 3 is 2.87 bits per heavy atom. The third-order valence-electron chi connectivity index (χ3n) is 6.36. The average Bonchev–Trinajstić information content (AvgIpc) is 3.58. The molecule has 0 saturated heterocycles. The number of hydrogen-bond donors (Lipinski definition) is 0. The summed E-state index contributed by atoms with van der Waals surface area (Å²) in [5.74, 6) is 1.16. The Balaban J connectivity index is 1.42. The molecule has 158 valence electrons. The highest BCUT2D eigenvalue weighted by Gasteiger charge is 2.49. The lowest BCUT2D eigenvalue weighted by molar-refractivity contribution is -0.0342. The van der Waals surface area contributed by atoms with E-state index in [-0.39, 0.29) is 5.95 Å². The molecule has 1 aromatic carbocycles. The maximum atomic E-state index is 15.1. The number of anilines is 2. The highest BCUT2D eigenvalue weighted by atomic mass is 19.1. The SMILES string of the molecule is COC1(c2nc(N3C=NC4c5ccccc5N5C(=CN(C#N)C5F)N43)no2)CCCC1. The van der Waals surface area contributed by atoms with E-state index in [2.05, 4.69) is 15.1 Å². The molecule has 1 fully saturated rings. The fraction of sp³-hybridized carbons (Fsp3) is 0.400. The van der Waals surface area contributed by atoms with Gasteiger partial charge in [-0.05, 0) is 36.9 Å². The number of hydrazine groups is 1. The van der Waals surface area contributed by atoms with Crippen molar-refractivity contribution in [2.45, 2.75) is 43.9 Å². The van der Waals surface area contributed by atoms with Crippen LogP contribution in [0.1, 0.15) is 43.3 Å². The standard InChI is InChI=1S/C20H19FN8O2/c1-30-20(8-4-5-9-20)17-24-19(25-31-17)27-12-23-16-13-6-2-3-7-14(13)28-15(29(16)27)10-26(11-22)18(28)21/h2-3,6-7,10,12,16,18H,4-5,8-9H2,1H3. The Morgan fingerprint density at radius 2 is 2.10 bits per heavy atom. The second-order valence-corrected chi connectivity index (χ2v) is 7.87. The number of hydrogen-bond acceptors (Lipinski definition) is 10. The average molecular weight is 422 g/mol. The summed E-state index contributed by atoms with van der Waals surface area (Å²) in [5, 5.41) is 16.9. The van der Waals surface area contributed by atoms with Crippen LogP contribution in [0.5, 0.6) is 0 Å². The summed E-state index contributed by atoms with van der Waals surface area (Å²) in [5.41, 5.74) is 0.905. The predicted octanol–water partition coefficient (Wildman–Crippen LogP) is 2.92. The van der Waals surface area contributed by atoms with Crippen LogP contribution in [-0.2, 0) is 10.3 Å². The number of nitriles is 1. The van der Waals surface area contributed by atoms with E-state index in [1.807, 2.05) is 30.5 Å². The minimum Gasteiger partial charge on any atom is -0.368 e. The number of fused-ring (bicyclic) bond motifs is 6. The van der Waals surface area contributed by atoms with Gasteiger partial charge in [-0.2, -0.15) is 14.6 Å². The van der Waals surface area contributed by atoms with Gasteiger partial charge in [0.25, 0.3) is 18.3 Å². The predicted molar refractivity (Wildman–Crippen MR) is 106 cm³/mol. The highest BCUT2D eigenvalue weighted by molar-refractivity contribution is 5.80. The molecule has 6 rings (SSSR count). The molecule has 10 nitrogen and oxygen atoms in total. The van der Waals surface area contributed by atoms with E-state index in [0.717, 1.165) is 36.1 Å². The van der Waals surface area contributed by atoms with Crippen molar-refractivity contribution in [1.29, 1.82) is 5.26 Å². The first-order chi connectivity index (χ1) is 15.2. The lowest BCUT2D eigenvalue weighted by Crippen LogP contribution is -2.49. The Labute approximate surface area is 177 Å². The van der Waals surface area contributed by atoms with Crippen molar-refractivity contribution in [2.24, 2.45) is 4.99 Å². The highest BCUT2D eigenvalue weighted by Crippen LogP contribution is 2.48. The van der Waals surface area contributed by atoms with Crippen LogP contribution in [0.25, 0.3) is 0 Å². The first-order valence-corrected chi connectivity index (χ1v) is 10.1. The van der Waals surface area contributed by atoms with Crippen molar-refractivity contribution in [1.82, 2.24) is 20.0 Å². The molecule has 4 aliphatic rings. The first-order valence-electron chi connectivity index (χ1n) is 10.1. The number of aromatic nitrogens is 2. The molecular weight excluding hydrogens is 403 g/mol. The molecule has 1 saturated carbocycles. The lowest BCUT2D eigenvalue weighted by Gasteiger charge is -2.42. The molecule has 31 heavy (non-hydrogen) atoms. The minimum absolute atomic E-state index is 0.274. The summed E-state index contributed by atoms with van der Waals surface area (Å²) in [4.78, 5) is 11.7. The van der Waals surface area contributed by atoms with Crippen LogP contribution in [-0.4, -0.2) is 39.9 Å². The third kappa shape index (κ3) is 2.36. The molecule has 4 heterocycles. The third-order valence-corrected chi connectivity index (χ3v) is 6.36. The number of ether oxygens (including phenoxy) is 1. The summed E-state index contributed by atoms with van der Waals surface area (Å²) < 4.78 is 26.5. The van der Waals surface area contributed by atoms with E-state index in [1.165, 1.54) is 11.1 Å². The van der Waals surface area contributed by atoms with Gasteiger partial charge in [-0.25, -0.2) is 19.9 Å². The van der Waals surface area contributed by atoms with Gasteiger partial charge in [0.2, 0.25) is 0 Å². The van der Waals surface area contributed by atoms with Crippen LogP contribution in [0, 0.1) is 11.5 Å². The van der Waals surface area contributed by atoms with Crippen molar-refractivity contribution in [3.05, 3.63) is 47.7 Å². The normalized spacial score (nSPS) is 25.4. The van der Waals surface area contributed by atoms with Crippen LogP contribution in [0.4, 0.5) is 16.0 Å². The first kappa shape index (κ1) is 18.1. The molecule has 11 heteroatoms. The van der Waals surface area contributed by atoms with Gasteiger partial charge < -0.3 is 9.26 Å². The monoisotopic (exact) mass is 422 g/mol. The molecule has 0 bridgehead atoms. The zero-order chi connectivity index (χ0) is 21.2. The molecule has 2 aromatic rings. The van der Waals surface area contributed by atoms with E-state index >= 15 is 4.39 Å². The number of nitrogens with zero attached hydrogens (tertiary/aromatic N) is 8. The molecule has 1 aromatic heterocycles. The molecule has 2 atom stereocenters. The van der Waals surface area contributed by atoms with Gasteiger partial charge in [-0.3, -0.25) is 4.90 Å². The summed E-state index contributed by atoms with van der Waals surface area (Å²) in [6.07, 6.45) is 6.55. The molecular formula is C20H19FN8O2. The van der Waals surface area contributed by atoms with Crippen LogP contribution in [0.3, 0.4) is 0 Å². The van der Waals surface area contributed by atoms with Gasteiger partial charge in [-0.15, -0.1) is 0 Å². The number of alkyl halides is 1. The van der Waals surface area contributed by atoms with E-state index in [9.17, 15) is 5.26 Å². The lowest BCUT2D eigenvalue weighted by atomic mass is 10.0. The van der Waals surface area contributed by atoms with Crippen molar-refractivity contribution in [3.63, 3.8) is 0 Å². The molecule has 0 radical (unpaired) electrons. The van der Waals surface area contributed by atoms with Crippen LogP contribution in [0.2, 0.25) is 0 Å². The second-order valence-electron chi connectivity index (χ2n) is 7.87. The molecule has 0 spiro atoms. The van der Waals surface area contributed by atoms with Gasteiger partial charge in [-0.1, -0.05) is 18.2 Å². The zero-order valence-electron chi connectivity index (χ0n) is 16.7. The van der Waals surface area contributed by atoms with Crippen molar-refractivity contribution in [3.8, 4) is 6.19 Å². The van der Waals surface area contributed by atoms with Crippen molar-refractivity contribution >= 4 is 18.0 Å². The molecule has 2 unspecified atom stereocenters. The number of para-hydroxylation sites is 1. The van der Waals surface area contributed by atoms with Gasteiger partial charge >= 0.3 is 0 Å². The van der Waals surface area contributed by atoms with E-state index in [0.29, 0.717) is 17.4 Å². The van der Waals surface area contributed by atoms with Gasteiger partial charge in [0.1, 0.15) is 11.9 Å². The number of methoxy groups -OCH3 is 1. The van der Waals surface area contributed by atoms with Gasteiger partial charge in [0.05, 0.1) is 11.9 Å². The smallest absolute Gasteiger partial charge is 0.290 e. The summed E-state index contributed by atoms with van der Waals surface area (Å²) in [6, 6.07) is 7.43. The fourth-order valence-corrected chi connectivity index (χ4v) is 4.80. The quantitative estimate of drug-likeness (QED) is 0.546. The Kier molecular flexibility index (Phi) is 3.76. The molecule has 0 N–H and O–H groups in total. The maximum Gasteiger partial charge on any atom is 0.290 e. The van der Waals surface area contributed by atoms with Gasteiger partial charge in [0.15, 0.2) is 18.2 Å². The summed E-state index contributed by atoms with van der Waals surface area (Å²) in [6.45, 7) is 0. The van der Waals surface area contributed by atoms with Crippen molar-refractivity contribution in [2.75, 3.05) is 17.0 Å². The maximum absolute atomic E-state index is 15.1. The van der Waals surface area contributed by atoms with E-state index in [1.54, 1.807) is 23.5 Å². The Bertz CT molecular complexity index is 1130. The second kappa shape index (κ2) is 6.42.